The van der Waals surface area contributed by atoms with Gasteiger partial charge in [-0.05, 0) is 18.8 Å². The van der Waals surface area contributed by atoms with E-state index in [2.05, 4.69) is 5.32 Å². The fourth-order valence-electron chi connectivity index (χ4n) is 1.99. The van der Waals surface area contributed by atoms with Crippen LogP contribution in [-0.4, -0.2) is 41.8 Å². The summed E-state index contributed by atoms with van der Waals surface area (Å²) in [4.78, 5) is 22.6. The van der Waals surface area contributed by atoms with E-state index >= 15 is 0 Å². The first-order valence-corrected chi connectivity index (χ1v) is 6.31. The SMILES string of the molecule is CC(C)C(CC(=O)O)NC(=O)C1CCC(CN)O1. The van der Waals surface area contributed by atoms with Crippen molar-refractivity contribution in [3.05, 3.63) is 0 Å². The fourth-order valence-corrected chi connectivity index (χ4v) is 1.99. The number of carbonyl (C=O) groups excluding carboxylic acids is 1. The van der Waals surface area contributed by atoms with E-state index < -0.39 is 12.1 Å². The number of hydrogen-bond donors (Lipinski definition) is 3. The zero-order chi connectivity index (χ0) is 13.7. The van der Waals surface area contributed by atoms with Gasteiger partial charge in [-0.2, -0.15) is 0 Å². The number of nitrogens with two attached hydrogens (primary N) is 1. The molecule has 0 bridgehead atoms. The van der Waals surface area contributed by atoms with Crippen molar-refractivity contribution in [1.82, 2.24) is 5.32 Å². The third kappa shape index (κ3) is 4.27. The summed E-state index contributed by atoms with van der Waals surface area (Å²) in [5.41, 5.74) is 5.48. The molecule has 0 aromatic rings. The number of carboxylic acid groups (broad SMARTS) is 1. The number of rotatable bonds is 6. The number of amides is 1. The molecular weight excluding hydrogens is 236 g/mol. The maximum atomic E-state index is 11.9. The van der Waals surface area contributed by atoms with Crippen LogP contribution in [0.15, 0.2) is 0 Å². The molecule has 104 valence electrons. The monoisotopic (exact) mass is 258 g/mol. The highest BCUT2D eigenvalue weighted by molar-refractivity contribution is 5.82. The van der Waals surface area contributed by atoms with Crippen LogP contribution in [0.25, 0.3) is 0 Å². The van der Waals surface area contributed by atoms with Crippen LogP contribution < -0.4 is 11.1 Å². The first-order chi connectivity index (χ1) is 8.43. The van der Waals surface area contributed by atoms with Gasteiger partial charge in [0.05, 0.1) is 12.5 Å². The van der Waals surface area contributed by atoms with Crippen molar-refractivity contribution in [2.24, 2.45) is 11.7 Å². The lowest BCUT2D eigenvalue weighted by molar-refractivity contribution is -0.138. The Labute approximate surface area is 107 Å². The van der Waals surface area contributed by atoms with Gasteiger partial charge < -0.3 is 20.9 Å². The Morgan fingerprint density at radius 1 is 1.44 bits per heavy atom. The van der Waals surface area contributed by atoms with Crippen molar-refractivity contribution in [1.29, 1.82) is 0 Å². The summed E-state index contributed by atoms with van der Waals surface area (Å²) < 4.78 is 5.47. The van der Waals surface area contributed by atoms with Crippen LogP contribution in [0.5, 0.6) is 0 Å². The van der Waals surface area contributed by atoms with Crippen LogP contribution in [0.1, 0.15) is 33.1 Å². The minimum absolute atomic E-state index is 0.0577. The zero-order valence-electron chi connectivity index (χ0n) is 10.9. The average molecular weight is 258 g/mol. The molecule has 1 aliphatic heterocycles. The predicted octanol–water partition coefficient (Wildman–Crippen LogP) is 0.108. The Morgan fingerprint density at radius 2 is 2.11 bits per heavy atom. The fraction of sp³-hybridized carbons (Fsp3) is 0.833. The van der Waals surface area contributed by atoms with E-state index in [1.54, 1.807) is 0 Å². The van der Waals surface area contributed by atoms with Crippen LogP contribution in [-0.2, 0) is 14.3 Å². The van der Waals surface area contributed by atoms with E-state index in [1.807, 2.05) is 13.8 Å². The second-order valence-corrected chi connectivity index (χ2v) is 5.02. The molecule has 4 N–H and O–H groups in total. The first-order valence-electron chi connectivity index (χ1n) is 6.31. The van der Waals surface area contributed by atoms with E-state index in [4.69, 9.17) is 15.6 Å². The topological polar surface area (TPSA) is 102 Å². The molecule has 1 fully saturated rings. The van der Waals surface area contributed by atoms with E-state index in [1.165, 1.54) is 0 Å². The van der Waals surface area contributed by atoms with Gasteiger partial charge in [0.25, 0.3) is 0 Å². The normalized spacial score (nSPS) is 25.1. The highest BCUT2D eigenvalue weighted by Crippen LogP contribution is 2.19. The molecule has 18 heavy (non-hydrogen) atoms. The molecule has 3 atom stereocenters. The molecule has 0 aromatic carbocycles. The third-order valence-electron chi connectivity index (χ3n) is 3.19. The molecule has 0 aromatic heterocycles. The van der Waals surface area contributed by atoms with E-state index in [-0.39, 0.29) is 30.4 Å². The molecule has 6 heteroatoms. The van der Waals surface area contributed by atoms with Gasteiger partial charge in [-0.1, -0.05) is 13.8 Å². The van der Waals surface area contributed by atoms with Gasteiger partial charge >= 0.3 is 5.97 Å². The van der Waals surface area contributed by atoms with Crippen LogP contribution in [0.3, 0.4) is 0 Å². The summed E-state index contributed by atoms with van der Waals surface area (Å²) in [5.74, 6) is -1.08. The Hall–Kier alpha value is -1.14. The van der Waals surface area contributed by atoms with Gasteiger partial charge in [0.15, 0.2) is 0 Å². The Morgan fingerprint density at radius 3 is 2.56 bits per heavy atom. The van der Waals surface area contributed by atoms with Crippen molar-refractivity contribution in [2.45, 2.75) is 51.4 Å². The summed E-state index contributed by atoms with van der Waals surface area (Å²) in [6, 6.07) is -0.365. The summed E-state index contributed by atoms with van der Waals surface area (Å²) in [6.45, 7) is 4.17. The van der Waals surface area contributed by atoms with Crippen molar-refractivity contribution in [3.63, 3.8) is 0 Å². The summed E-state index contributed by atoms with van der Waals surface area (Å²) in [6.07, 6.45) is 0.799. The lowest BCUT2D eigenvalue weighted by Crippen LogP contribution is -2.45. The molecule has 0 aliphatic carbocycles. The largest absolute Gasteiger partial charge is 0.481 e. The van der Waals surface area contributed by atoms with Gasteiger partial charge in [-0.15, -0.1) is 0 Å². The molecule has 1 aliphatic rings. The third-order valence-corrected chi connectivity index (χ3v) is 3.19. The van der Waals surface area contributed by atoms with Gasteiger partial charge in [0.1, 0.15) is 6.10 Å². The van der Waals surface area contributed by atoms with Gasteiger partial charge in [-0.3, -0.25) is 9.59 Å². The number of ether oxygens (including phenoxy) is 1. The van der Waals surface area contributed by atoms with Crippen LogP contribution >= 0.6 is 0 Å². The average Bonchev–Trinajstić information content (AvgIpc) is 2.75. The molecule has 3 unspecified atom stereocenters. The van der Waals surface area contributed by atoms with E-state index in [0.717, 1.165) is 6.42 Å². The van der Waals surface area contributed by atoms with Crippen LogP contribution in [0.4, 0.5) is 0 Å². The smallest absolute Gasteiger partial charge is 0.305 e. The summed E-state index contributed by atoms with van der Waals surface area (Å²) in [7, 11) is 0. The minimum Gasteiger partial charge on any atom is -0.481 e. The second kappa shape index (κ2) is 6.70. The molecule has 1 heterocycles. The number of carboxylic acids is 1. The van der Waals surface area contributed by atoms with Gasteiger partial charge in [-0.25, -0.2) is 0 Å². The number of carbonyl (C=O) groups is 2. The molecule has 1 amide bonds. The van der Waals surface area contributed by atoms with Crippen molar-refractivity contribution < 1.29 is 19.4 Å². The van der Waals surface area contributed by atoms with Gasteiger partial charge in [0, 0.05) is 12.6 Å². The summed E-state index contributed by atoms with van der Waals surface area (Å²) >= 11 is 0. The number of hydrogen-bond acceptors (Lipinski definition) is 4. The Balaban J connectivity index is 2.48. The predicted molar refractivity (Wildman–Crippen MR) is 66.0 cm³/mol. The molecule has 0 saturated carbocycles. The van der Waals surface area contributed by atoms with Crippen molar-refractivity contribution in [2.75, 3.05) is 6.54 Å². The molecule has 1 saturated heterocycles. The lowest BCUT2D eigenvalue weighted by atomic mass is 10.0. The first kappa shape index (κ1) is 14.9. The molecular formula is C12H22N2O4. The van der Waals surface area contributed by atoms with Crippen LogP contribution in [0.2, 0.25) is 0 Å². The van der Waals surface area contributed by atoms with Crippen LogP contribution in [0, 0.1) is 5.92 Å². The zero-order valence-corrected chi connectivity index (χ0v) is 10.9. The molecule has 6 nitrogen and oxygen atoms in total. The maximum Gasteiger partial charge on any atom is 0.305 e. The van der Waals surface area contributed by atoms with E-state index in [9.17, 15) is 9.59 Å². The lowest BCUT2D eigenvalue weighted by Gasteiger charge is -2.22. The summed E-state index contributed by atoms with van der Waals surface area (Å²) in [5, 5.41) is 11.5. The van der Waals surface area contributed by atoms with Crippen molar-refractivity contribution in [3.8, 4) is 0 Å². The Bertz CT molecular complexity index is 306. The molecule has 1 rings (SSSR count). The van der Waals surface area contributed by atoms with Crippen molar-refractivity contribution >= 4 is 11.9 Å². The quantitative estimate of drug-likeness (QED) is 0.627. The van der Waals surface area contributed by atoms with E-state index in [0.29, 0.717) is 13.0 Å². The highest BCUT2D eigenvalue weighted by atomic mass is 16.5. The minimum atomic E-state index is -0.916. The molecule has 0 spiro atoms. The Kier molecular flexibility index (Phi) is 5.55. The molecule has 0 radical (unpaired) electrons. The second-order valence-electron chi connectivity index (χ2n) is 5.02. The standard InChI is InChI=1S/C12H22N2O4/c1-7(2)9(5-11(15)16)14-12(17)10-4-3-8(6-13)18-10/h7-10H,3-6,13H2,1-2H3,(H,14,17)(H,15,16). The number of nitrogens with one attached hydrogen (secondary N) is 1. The highest BCUT2D eigenvalue weighted by Gasteiger charge is 2.31. The number of aliphatic carboxylic acids is 1. The maximum absolute atomic E-state index is 11.9. The van der Waals surface area contributed by atoms with Gasteiger partial charge in [0.2, 0.25) is 5.91 Å².